The van der Waals surface area contributed by atoms with Crippen LogP contribution in [0, 0.1) is 5.92 Å². The molecule has 1 aromatic carbocycles. The summed E-state index contributed by atoms with van der Waals surface area (Å²) >= 11 is 0. The molecule has 0 aliphatic carbocycles. The smallest absolute Gasteiger partial charge is 0.335 e. The Morgan fingerprint density at radius 3 is 2.81 bits per heavy atom. The fourth-order valence-corrected chi connectivity index (χ4v) is 2.74. The van der Waals surface area contributed by atoms with Gasteiger partial charge in [-0.1, -0.05) is 13.0 Å². The molecule has 21 heavy (non-hydrogen) atoms. The van der Waals surface area contributed by atoms with Crippen molar-refractivity contribution in [3.05, 3.63) is 34.9 Å². The molecule has 1 amide bonds. The number of hydrogen-bond acceptors (Lipinski definition) is 3. The van der Waals surface area contributed by atoms with Gasteiger partial charge in [0.15, 0.2) is 0 Å². The molecule has 2 rings (SSSR count). The lowest BCUT2D eigenvalue weighted by Crippen LogP contribution is -2.39. The highest BCUT2D eigenvalue weighted by atomic mass is 16.4. The lowest BCUT2D eigenvalue weighted by atomic mass is 9.95. The Labute approximate surface area is 124 Å². The molecular weight excluding hydrogens is 268 g/mol. The molecule has 1 heterocycles. The largest absolute Gasteiger partial charge is 0.478 e. The molecule has 1 aliphatic rings. The molecule has 1 atom stereocenters. The van der Waals surface area contributed by atoms with Crippen LogP contribution in [0.4, 0.5) is 0 Å². The minimum absolute atomic E-state index is 0.0299. The summed E-state index contributed by atoms with van der Waals surface area (Å²) in [6.45, 7) is 3.73. The zero-order valence-electron chi connectivity index (χ0n) is 12.3. The number of carbonyl (C=O) groups is 2. The average molecular weight is 290 g/mol. The number of aromatic carboxylic acids is 1. The van der Waals surface area contributed by atoms with Gasteiger partial charge >= 0.3 is 5.97 Å². The second kappa shape index (κ2) is 6.72. The lowest BCUT2D eigenvalue weighted by Gasteiger charge is -2.31. The number of rotatable bonds is 5. The maximum atomic E-state index is 12.4. The highest BCUT2D eigenvalue weighted by Gasteiger charge is 2.24. The van der Waals surface area contributed by atoms with Gasteiger partial charge < -0.3 is 15.7 Å². The van der Waals surface area contributed by atoms with Crippen LogP contribution in [0.3, 0.4) is 0 Å². The SMILES string of the molecule is CC(CCCN)C(=O)N1CCc2ccc(C(=O)O)cc2C1. The molecule has 3 N–H and O–H groups in total. The number of nitrogens with two attached hydrogens (primary N) is 1. The Kier molecular flexibility index (Phi) is 4.96. The van der Waals surface area contributed by atoms with Crippen molar-refractivity contribution < 1.29 is 14.7 Å². The molecule has 114 valence electrons. The van der Waals surface area contributed by atoms with E-state index in [4.69, 9.17) is 10.8 Å². The van der Waals surface area contributed by atoms with Crippen LogP contribution in [0.15, 0.2) is 18.2 Å². The molecule has 1 unspecified atom stereocenters. The first kappa shape index (κ1) is 15.5. The molecule has 0 saturated heterocycles. The molecule has 5 heteroatoms. The number of fused-ring (bicyclic) bond motifs is 1. The minimum atomic E-state index is -0.933. The molecule has 0 bridgehead atoms. The number of hydrogen-bond donors (Lipinski definition) is 2. The summed E-state index contributed by atoms with van der Waals surface area (Å²) in [5.41, 5.74) is 7.84. The fraction of sp³-hybridized carbons (Fsp3) is 0.500. The highest BCUT2D eigenvalue weighted by Crippen LogP contribution is 2.22. The maximum Gasteiger partial charge on any atom is 0.335 e. The predicted molar refractivity (Wildman–Crippen MR) is 80.0 cm³/mol. The van der Waals surface area contributed by atoms with Crippen molar-refractivity contribution >= 4 is 11.9 Å². The third-order valence-corrected chi connectivity index (χ3v) is 4.04. The normalized spacial score (nSPS) is 15.4. The first-order chi connectivity index (χ1) is 10.0. The molecule has 1 aliphatic heterocycles. The van der Waals surface area contributed by atoms with Gasteiger partial charge in [-0.2, -0.15) is 0 Å². The van der Waals surface area contributed by atoms with E-state index in [9.17, 15) is 9.59 Å². The van der Waals surface area contributed by atoms with Crippen LogP contribution < -0.4 is 5.73 Å². The molecule has 0 aromatic heterocycles. The number of carboxylic acid groups (broad SMARTS) is 1. The predicted octanol–water partition coefficient (Wildman–Crippen LogP) is 1.64. The average Bonchev–Trinajstić information content (AvgIpc) is 2.50. The molecular formula is C16H22N2O3. The fourth-order valence-electron chi connectivity index (χ4n) is 2.74. The molecule has 0 spiro atoms. The zero-order valence-corrected chi connectivity index (χ0v) is 12.3. The summed E-state index contributed by atoms with van der Waals surface area (Å²) in [6.07, 6.45) is 2.43. The summed E-state index contributed by atoms with van der Waals surface area (Å²) in [4.78, 5) is 25.3. The van der Waals surface area contributed by atoms with Gasteiger partial charge in [-0.3, -0.25) is 4.79 Å². The number of nitrogens with zero attached hydrogens (tertiary/aromatic N) is 1. The molecule has 0 fully saturated rings. The van der Waals surface area contributed by atoms with Gasteiger partial charge in [0.05, 0.1) is 5.56 Å². The van der Waals surface area contributed by atoms with E-state index in [0.29, 0.717) is 19.6 Å². The van der Waals surface area contributed by atoms with E-state index in [0.717, 1.165) is 30.4 Å². The van der Waals surface area contributed by atoms with Gasteiger partial charge in [0.25, 0.3) is 0 Å². The van der Waals surface area contributed by atoms with E-state index in [1.54, 1.807) is 12.1 Å². The van der Waals surface area contributed by atoms with Crippen molar-refractivity contribution in [3.8, 4) is 0 Å². The van der Waals surface area contributed by atoms with Crippen molar-refractivity contribution in [2.75, 3.05) is 13.1 Å². The van der Waals surface area contributed by atoms with Gasteiger partial charge in [-0.05, 0) is 49.1 Å². The van der Waals surface area contributed by atoms with E-state index in [1.165, 1.54) is 0 Å². The van der Waals surface area contributed by atoms with E-state index in [1.807, 2.05) is 17.9 Å². The van der Waals surface area contributed by atoms with Crippen molar-refractivity contribution in [2.24, 2.45) is 11.7 Å². The van der Waals surface area contributed by atoms with E-state index in [2.05, 4.69) is 0 Å². The monoisotopic (exact) mass is 290 g/mol. The maximum absolute atomic E-state index is 12.4. The summed E-state index contributed by atoms with van der Waals surface area (Å²) in [5, 5.41) is 9.05. The molecule has 0 radical (unpaired) electrons. The second-order valence-electron chi connectivity index (χ2n) is 5.63. The van der Waals surface area contributed by atoms with Crippen LogP contribution in [-0.2, 0) is 17.8 Å². The van der Waals surface area contributed by atoms with Crippen LogP contribution in [-0.4, -0.2) is 35.0 Å². The van der Waals surface area contributed by atoms with Gasteiger partial charge in [-0.15, -0.1) is 0 Å². The lowest BCUT2D eigenvalue weighted by molar-refractivity contribution is -0.136. The minimum Gasteiger partial charge on any atom is -0.478 e. The first-order valence-corrected chi connectivity index (χ1v) is 7.37. The second-order valence-corrected chi connectivity index (χ2v) is 5.63. The number of benzene rings is 1. The van der Waals surface area contributed by atoms with Gasteiger partial charge in [0.1, 0.15) is 0 Å². The Morgan fingerprint density at radius 1 is 1.38 bits per heavy atom. The third kappa shape index (κ3) is 3.61. The van der Waals surface area contributed by atoms with Crippen molar-refractivity contribution in [1.82, 2.24) is 4.90 Å². The molecule has 5 nitrogen and oxygen atoms in total. The summed E-state index contributed by atoms with van der Waals surface area (Å²) in [5.74, 6) is -0.829. The van der Waals surface area contributed by atoms with Crippen molar-refractivity contribution in [1.29, 1.82) is 0 Å². The van der Waals surface area contributed by atoms with Crippen LogP contribution in [0.5, 0.6) is 0 Å². The van der Waals surface area contributed by atoms with Crippen LogP contribution in [0.25, 0.3) is 0 Å². The summed E-state index contributed by atoms with van der Waals surface area (Å²) in [7, 11) is 0. The standard InChI is InChI=1S/C16H22N2O3/c1-11(3-2-7-17)15(19)18-8-6-12-4-5-13(16(20)21)9-14(12)10-18/h4-5,9,11H,2-3,6-8,10,17H2,1H3,(H,20,21). The Balaban J connectivity index is 2.09. The van der Waals surface area contributed by atoms with Crippen LogP contribution in [0.2, 0.25) is 0 Å². The van der Waals surface area contributed by atoms with Crippen molar-refractivity contribution in [2.45, 2.75) is 32.7 Å². The van der Waals surface area contributed by atoms with Gasteiger partial charge in [0, 0.05) is 19.0 Å². The Bertz CT molecular complexity index is 542. The first-order valence-electron chi connectivity index (χ1n) is 7.37. The van der Waals surface area contributed by atoms with Crippen LogP contribution >= 0.6 is 0 Å². The van der Waals surface area contributed by atoms with E-state index in [-0.39, 0.29) is 17.4 Å². The highest BCUT2D eigenvalue weighted by molar-refractivity contribution is 5.88. The number of carbonyl (C=O) groups excluding carboxylic acids is 1. The summed E-state index contributed by atoms with van der Waals surface area (Å²) < 4.78 is 0. The number of amides is 1. The Morgan fingerprint density at radius 2 is 2.14 bits per heavy atom. The van der Waals surface area contributed by atoms with Crippen molar-refractivity contribution in [3.63, 3.8) is 0 Å². The zero-order chi connectivity index (χ0) is 15.4. The van der Waals surface area contributed by atoms with Gasteiger partial charge in [-0.25, -0.2) is 4.79 Å². The summed E-state index contributed by atoms with van der Waals surface area (Å²) in [6, 6.07) is 5.17. The van der Waals surface area contributed by atoms with E-state index >= 15 is 0 Å². The topological polar surface area (TPSA) is 83.6 Å². The molecule has 1 aromatic rings. The quantitative estimate of drug-likeness (QED) is 0.863. The molecule has 0 saturated carbocycles. The van der Waals surface area contributed by atoms with Gasteiger partial charge in [0.2, 0.25) is 5.91 Å². The Hall–Kier alpha value is -1.88. The third-order valence-electron chi connectivity index (χ3n) is 4.04. The van der Waals surface area contributed by atoms with Crippen LogP contribution in [0.1, 0.15) is 41.3 Å². The van der Waals surface area contributed by atoms with E-state index < -0.39 is 5.97 Å². The number of carboxylic acids is 1.